The normalized spacial score (nSPS) is 12.1. The highest BCUT2D eigenvalue weighted by Gasteiger charge is 2.13. The molecule has 9 nitrogen and oxygen atoms in total. The lowest BCUT2D eigenvalue weighted by atomic mass is 10.1. The highest BCUT2D eigenvalue weighted by molar-refractivity contribution is 5.88. The van der Waals surface area contributed by atoms with E-state index in [-0.39, 0.29) is 12.2 Å². The van der Waals surface area contributed by atoms with Gasteiger partial charge in [-0.15, -0.1) is 15.0 Å². The largest absolute Gasteiger partial charge is 0.480 e. The van der Waals surface area contributed by atoms with E-state index in [1.54, 1.807) is 24.3 Å². The van der Waals surface area contributed by atoms with Crippen LogP contribution in [0.4, 0.5) is 0 Å². The second-order valence-electron chi connectivity index (χ2n) is 4.08. The Hall–Kier alpha value is -2.81. The molecule has 1 aromatic heterocycles. The molecule has 2 aromatic rings. The summed E-state index contributed by atoms with van der Waals surface area (Å²) in [6, 6.07) is 5.77. The Bertz CT molecular complexity index is 636. The van der Waals surface area contributed by atoms with E-state index < -0.39 is 17.9 Å². The molecule has 5 N–H and O–H groups in total. The molecule has 1 amide bonds. The highest BCUT2D eigenvalue weighted by atomic mass is 16.4. The summed E-state index contributed by atoms with van der Waals surface area (Å²) in [5, 5.41) is 19.7. The average molecular weight is 276 g/mol. The van der Waals surface area contributed by atoms with Crippen LogP contribution in [-0.4, -0.2) is 43.2 Å². The number of hydrogen-bond donors (Lipinski definition) is 3. The first-order valence-corrected chi connectivity index (χ1v) is 5.65. The second-order valence-corrected chi connectivity index (χ2v) is 4.08. The first-order chi connectivity index (χ1) is 9.47. The molecule has 1 aromatic carbocycles. The van der Waals surface area contributed by atoms with Crippen molar-refractivity contribution in [2.45, 2.75) is 12.5 Å². The molecular formula is C11H12N6O3. The fraction of sp³-hybridized carbons (Fsp3) is 0.182. The van der Waals surface area contributed by atoms with Crippen molar-refractivity contribution in [3.8, 4) is 5.69 Å². The summed E-state index contributed by atoms with van der Waals surface area (Å²) in [6.45, 7) is 0. The van der Waals surface area contributed by atoms with E-state index in [2.05, 4.69) is 15.4 Å². The predicted molar refractivity (Wildman–Crippen MR) is 67.0 cm³/mol. The third kappa shape index (κ3) is 2.95. The molecule has 0 aliphatic rings. The van der Waals surface area contributed by atoms with Gasteiger partial charge in [0.15, 0.2) is 0 Å². The maximum Gasteiger partial charge on any atom is 0.320 e. The Morgan fingerprint density at radius 3 is 2.45 bits per heavy atom. The number of carbonyl (C=O) groups excluding carboxylic acids is 1. The van der Waals surface area contributed by atoms with Gasteiger partial charge in [0.2, 0.25) is 0 Å². The fourth-order valence-corrected chi connectivity index (χ4v) is 1.53. The van der Waals surface area contributed by atoms with E-state index in [4.69, 9.17) is 16.6 Å². The van der Waals surface area contributed by atoms with Crippen LogP contribution in [0, 0.1) is 0 Å². The minimum atomic E-state index is -1.06. The molecule has 0 aliphatic carbocycles. The smallest absolute Gasteiger partial charge is 0.320 e. The quantitative estimate of drug-likeness (QED) is 0.615. The number of carbonyl (C=O) groups is 2. The van der Waals surface area contributed by atoms with Gasteiger partial charge in [0.25, 0.3) is 11.7 Å². The van der Waals surface area contributed by atoms with Crippen LogP contribution in [0.3, 0.4) is 0 Å². The lowest BCUT2D eigenvalue weighted by molar-refractivity contribution is -0.138. The monoisotopic (exact) mass is 276 g/mol. The molecule has 0 fully saturated rings. The first-order valence-electron chi connectivity index (χ1n) is 5.65. The van der Waals surface area contributed by atoms with Gasteiger partial charge < -0.3 is 16.6 Å². The van der Waals surface area contributed by atoms with Crippen molar-refractivity contribution in [2.75, 3.05) is 0 Å². The molecule has 1 atom stereocenters. The highest BCUT2D eigenvalue weighted by Crippen LogP contribution is 2.09. The van der Waals surface area contributed by atoms with Crippen LogP contribution in [0.2, 0.25) is 0 Å². The van der Waals surface area contributed by atoms with Crippen molar-refractivity contribution >= 4 is 11.9 Å². The number of hydrogen-bond acceptors (Lipinski definition) is 6. The molecule has 9 heteroatoms. The molecule has 2 rings (SSSR count). The number of nitrogens with zero attached hydrogens (tertiary/aromatic N) is 4. The fourth-order valence-electron chi connectivity index (χ4n) is 1.53. The number of aromatic nitrogens is 4. The number of nitrogens with two attached hydrogens (primary N) is 2. The van der Waals surface area contributed by atoms with Crippen molar-refractivity contribution in [2.24, 2.45) is 11.5 Å². The van der Waals surface area contributed by atoms with Crippen molar-refractivity contribution in [3.63, 3.8) is 0 Å². The van der Waals surface area contributed by atoms with Gasteiger partial charge in [-0.05, 0) is 29.3 Å². The van der Waals surface area contributed by atoms with Gasteiger partial charge in [-0.1, -0.05) is 12.1 Å². The zero-order valence-corrected chi connectivity index (χ0v) is 10.3. The van der Waals surface area contributed by atoms with E-state index >= 15 is 0 Å². The van der Waals surface area contributed by atoms with Gasteiger partial charge >= 0.3 is 5.97 Å². The maximum absolute atomic E-state index is 10.9. The van der Waals surface area contributed by atoms with Gasteiger partial charge in [0.1, 0.15) is 6.04 Å². The molecule has 0 aliphatic heterocycles. The van der Waals surface area contributed by atoms with Gasteiger partial charge in [0.05, 0.1) is 5.69 Å². The van der Waals surface area contributed by atoms with Crippen LogP contribution in [-0.2, 0) is 11.2 Å². The van der Waals surface area contributed by atoms with Crippen LogP contribution in [0.15, 0.2) is 24.3 Å². The number of tetrazole rings is 1. The molecule has 20 heavy (non-hydrogen) atoms. The topological polar surface area (TPSA) is 150 Å². The van der Waals surface area contributed by atoms with Crippen LogP contribution >= 0.6 is 0 Å². The van der Waals surface area contributed by atoms with Gasteiger partial charge in [-0.2, -0.15) is 0 Å². The average Bonchev–Trinajstić information content (AvgIpc) is 2.89. The number of rotatable bonds is 5. The third-order valence-electron chi connectivity index (χ3n) is 2.57. The Morgan fingerprint density at radius 1 is 1.30 bits per heavy atom. The zero-order chi connectivity index (χ0) is 14.7. The number of carboxylic acids is 1. The van der Waals surface area contributed by atoms with Crippen molar-refractivity contribution in [1.82, 2.24) is 20.2 Å². The van der Waals surface area contributed by atoms with Gasteiger partial charge in [0, 0.05) is 0 Å². The van der Waals surface area contributed by atoms with E-state index in [1.807, 2.05) is 0 Å². The van der Waals surface area contributed by atoms with Crippen molar-refractivity contribution in [3.05, 3.63) is 35.7 Å². The van der Waals surface area contributed by atoms with Gasteiger partial charge in [-0.25, -0.2) is 0 Å². The molecule has 0 bridgehead atoms. The summed E-state index contributed by atoms with van der Waals surface area (Å²) in [6.07, 6.45) is 0.215. The van der Waals surface area contributed by atoms with E-state index in [0.29, 0.717) is 5.69 Å². The lowest BCUT2D eigenvalue weighted by Crippen LogP contribution is -2.32. The summed E-state index contributed by atoms with van der Waals surface area (Å²) in [7, 11) is 0. The molecule has 0 saturated heterocycles. The lowest BCUT2D eigenvalue weighted by Gasteiger charge is -2.06. The molecule has 1 heterocycles. The standard InChI is InChI=1S/C11H12N6O3/c12-8(11(19)20)5-6-1-3-7(4-2-6)17-15-10(9(13)18)14-16-17/h1-4,8H,5,12H2,(H2,13,18)(H,19,20). The maximum atomic E-state index is 10.9. The van der Waals surface area contributed by atoms with E-state index in [1.165, 1.54) is 0 Å². The summed E-state index contributed by atoms with van der Waals surface area (Å²) in [4.78, 5) is 22.7. The predicted octanol–water partition coefficient (Wildman–Crippen LogP) is -1.28. The Labute approximate surface area is 113 Å². The van der Waals surface area contributed by atoms with E-state index in [0.717, 1.165) is 10.4 Å². The second kappa shape index (κ2) is 5.45. The first kappa shape index (κ1) is 13.6. The summed E-state index contributed by atoms with van der Waals surface area (Å²) in [5.41, 5.74) is 11.8. The van der Waals surface area contributed by atoms with E-state index in [9.17, 15) is 9.59 Å². The molecular weight excluding hydrogens is 264 g/mol. The summed E-state index contributed by atoms with van der Waals surface area (Å²) < 4.78 is 0. The third-order valence-corrected chi connectivity index (χ3v) is 2.57. The molecule has 104 valence electrons. The van der Waals surface area contributed by atoms with Crippen molar-refractivity contribution < 1.29 is 14.7 Å². The molecule has 0 radical (unpaired) electrons. The minimum absolute atomic E-state index is 0.179. The number of primary amides is 1. The minimum Gasteiger partial charge on any atom is -0.480 e. The Kier molecular flexibility index (Phi) is 3.71. The van der Waals surface area contributed by atoms with Gasteiger partial charge in [-0.3, -0.25) is 9.59 Å². The Morgan fingerprint density at radius 2 is 1.95 bits per heavy atom. The van der Waals surface area contributed by atoms with Crippen LogP contribution in [0.1, 0.15) is 16.2 Å². The SMILES string of the molecule is NC(=O)c1nnn(-c2ccc(CC(N)C(=O)O)cc2)n1. The summed E-state index contributed by atoms with van der Waals surface area (Å²) >= 11 is 0. The van der Waals surface area contributed by atoms with Crippen LogP contribution < -0.4 is 11.5 Å². The Balaban J connectivity index is 2.15. The zero-order valence-electron chi connectivity index (χ0n) is 10.3. The van der Waals surface area contributed by atoms with Crippen LogP contribution in [0.25, 0.3) is 5.69 Å². The number of carboxylic acid groups (broad SMARTS) is 1. The summed E-state index contributed by atoms with van der Waals surface area (Å²) in [5.74, 6) is -2.00. The van der Waals surface area contributed by atoms with Crippen molar-refractivity contribution in [1.29, 1.82) is 0 Å². The molecule has 1 unspecified atom stereocenters. The molecule has 0 saturated carbocycles. The molecule has 0 spiro atoms. The number of aliphatic carboxylic acids is 1. The number of amides is 1. The van der Waals surface area contributed by atoms with Crippen LogP contribution in [0.5, 0.6) is 0 Å². The number of benzene rings is 1.